The van der Waals surface area contributed by atoms with Crippen molar-refractivity contribution in [1.82, 2.24) is 14.5 Å². The lowest BCUT2D eigenvalue weighted by Crippen LogP contribution is -2.50. The highest BCUT2D eigenvalue weighted by Crippen LogP contribution is 2.21. The lowest BCUT2D eigenvalue weighted by atomic mass is 10.1. The standard InChI is InChI=1S/C17H26N4O3S/c1-20-12-13(18)11-16(20)17(22)19-14-7-9-21(10-8-14)25(23,24)15-5-3-2-4-6-15/h2-6,13-14,16H,7-12,18H2,1H3,(H,19,22)/t13-,16-/m0/s1. The molecule has 0 unspecified atom stereocenters. The lowest BCUT2D eigenvalue weighted by molar-refractivity contribution is -0.126. The fourth-order valence-electron chi connectivity index (χ4n) is 3.63. The molecule has 0 aliphatic carbocycles. The van der Waals surface area contributed by atoms with E-state index in [1.54, 1.807) is 30.3 Å². The Morgan fingerprint density at radius 2 is 1.84 bits per heavy atom. The second-order valence-corrected chi connectivity index (χ2v) is 8.89. The zero-order valence-corrected chi connectivity index (χ0v) is 15.3. The van der Waals surface area contributed by atoms with Crippen molar-refractivity contribution in [2.75, 3.05) is 26.7 Å². The number of sulfonamides is 1. The molecule has 2 saturated heterocycles. The number of amides is 1. The molecule has 138 valence electrons. The number of carbonyl (C=O) groups excluding carboxylic acids is 1. The highest BCUT2D eigenvalue weighted by molar-refractivity contribution is 7.89. The van der Waals surface area contributed by atoms with Gasteiger partial charge in [0, 0.05) is 31.7 Å². The van der Waals surface area contributed by atoms with Gasteiger partial charge < -0.3 is 11.1 Å². The van der Waals surface area contributed by atoms with E-state index < -0.39 is 10.0 Å². The number of nitrogens with two attached hydrogens (primary N) is 1. The Bertz CT molecular complexity index is 702. The topological polar surface area (TPSA) is 95.7 Å². The minimum Gasteiger partial charge on any atom is -0.352 e. The zero-order chi connectivity index (χ0) is 18.0. The van der Waals surface area contributed by atoms with Crippen molar-refractivity contribution < 1.29 is 13.2 Å². The van der Waals surface area contributed by atoms with Crippen LogP contribution < -0.4 is 11.1 Å². The second-order valence-electron chi connectivity index (χ2n) is 6.95. The molecule has 3 rings (SSSR count). The van der Waals surface area contributed by atoms with Crippen molar-refractivity contribution >= 4 is 15.9 Å². The van der Waals surface area contributed by atoms with Crippen molar-refractivity contribution in [1.29, 1.82) is 0 Å². The second kappa shape index (κ2) is 7.41. The number of carbonyl (C=O) groups is 1. The largest absolute Gasteiger partial charge is 0.352 e. The van der Waals surface area contributed by atoms with Gasteiger partial charge in [0.15, 0.2) is 0 Å². The first-order valence-corrected chi connectivity index (χ1v) is 10.1. The highest BCUT2D eigenvalue weighted by atomic mass is 32.2. The van der Waals surface area contributed by atoms with Crippen LogP contribution in [-0.4, -0.2) is 68.3 Å². The van der Waals surface area contributed by atoms with Crippen LogP contribution in [0.5, 0.6) is 0 Å². The molecule has 7 nitrogen and oxygen atoms in total. The summed E-state index contributed by atoms with van der Waals surface area (Å²) in [5.74, 6) is -0.000170. The van der Waals surface area contributed by atoms with E-state index in [0.29, 0.717) is 37.2 Å². The van der Waals surface area contributed by atoms with Gasteiger partial charge in [-0.15, -0.1) is 0 Å². The molecule has 0 radical (unpaired) electrons. The lowest BCUT2D eigenvalue weighted by Gasteiger charge is -2.32. The third-order valence-corrected chi connectivity index (χ3v) is 6.98. The average molecular weight is 366 g/mol. The number of likely N-dealkylation sites (N-methyl/N-ethyl adjacent to an activating group) is 1. The third kappa shape index (κ3) is 4.03. The number of rotatable bonds is 4. The predicted molar refractivity (Wildman–Crippen MR) is 95.4 cm³/mol. The van der Waals surface area contributed by atoms with Crippen LogP contribution in [0.2, 0.25) is 0 Å². The summed E-state index contributed by atoms with van der Waals surface area (Å²) in [5, 5.41) is 3.07. The first-order chi connectivity index (χ1) is 11.9. The van der Waals surface area contributed by atoms with Gasteiger partial charge >= 0.3 is 0 Å². The van der Waals surface area contributed by atoms with Crippen molar-refractivity contribution in [3.05, 3.63) is 30.3 Å². The van der Waals surface area contributed by atoms with Crippen LogP contribution in [-0.2, 0) is 14.8 Å². The number of likely N-dealkylation sites (tertiary alicyclic amines) is 1. The fourth-order valence-corrected chi connectivity index (χ4v) is 5.12. The number of nitrogens with one attached hydrogen (secondary N) is 1. The van der Waals surface area contributed by atoms with Gasteiger partial charge in [0.2, 0.25) is 15.9 Å². The van der Waals surface area contributed by atoms with Crippen molar-refractivity contribution in [3.63, 3.8) is 0 Å². The van der Waals surface area contributed by atoms with Gasteiger partial charge in [-0.1, -0.05) is 18.2 Å². The molecule has 0 spiro atoms. The van der Waals surface area contributed by atoms with E-state index in [4.69, 9.17) is 5.73 Å². The van der Waals surface area contributed by atoms with Crippen LogP contribution in [0, 0.1) is 0 Å². The van der Waals surface area contributed by atoms with E-state index in [1.807, 2.05) is 11.9 Å². The minimum absolute atomic E-state index is 0.000170. The third-order valence-electron chi connectivity index (χ3n) is 5.06. The number of hydrogen-bond acceptors (Lipinski definition) is 5. The number of benzene rings is 1. The fraction of sp³-hybridized carbons (Fsp3) is 0.588. The molecule has 1 aromatic rings. The van der Waals surface area contributed by atoms with E-state index in [-0.39, 0.29) is 24.0 Å². The van der Waals surface area contributed by atoms with Gasteiger partial charge in [0.05, 0.1) is 10.9 Å². The van der Waals surface area contributed by atoms with E-state index in [1.165, 1.54) is 4.31 Å². The van der Waals surface area contributed by atoms with Gasteiger partial charge in [-0.3, -0.25) is 9.69 Å². The molecule has 2 aliphatic heterocycles. The number of hydrogen-bond donors (Lipinski definition) is 2. The van der Waals surface area contributed by atoms with Gasteiger partial charge in [0.1, 0.15) is 0 Å². The Hall–Kier alpha value is -1.48. The van der Waals surface area contributed by atoms with Gasteiger partial charge in [0.25, 0.3) is 0 Å². The molecule has 2 heterocycles. The summed E-state index contributed by atoms with van der Waals surface area (Å²) in [6, 6.07) is 8.35. The highest BCUT2D eigenvalue weighted by Gasteiger charge is 2.35. The van der Waals surface area contributed by atoms with E-state index >= 15 is 0 Å². The molecule has 2 fully saturated rings. The molecular formula is C17H26N4O3S. The summed E-state index contributed by atoms with van der Waals surface area (Å²) >= 11 is 0. The maximum Gasteiger partial charge on any atom is 0.243 e. The molecule has 1 amide bonds. The van der Waals surface area contributed by atoms with Gasteiger partial charge in [-0.2, -0.15) is 4.31 Å². The monoisotopic (exact) mass is 366 g/mol. The number of piperidine rings is 1. The first kappa shape index (κ1) is 18.3. The van der Waals surface area contributed by atoms with Crippen LogP contribution >= 0.6 is 0 Å². The Labute approximate surface area is 149 Å². The normalized spacial score (nSPS) is 26.6. The van der Waals surface area contributed by atoms with Crippen LogP contribution in [0.1, 0.15) is 19.3 Å². The predicted octanol–water partition coefficient (Wildman–Crippen LogP) is -0.0127. The Kier molecular flexibility index (Phi) is 5.43. The molecule has 25 heavy (non-hydrogen) atoms. The molecule has 2 aliphatic rings. The van der Waals surface area contributed by atoms with E-state index in [0.717, 1.165) is 6.54 Å². The Balaban J connectivity index is 1.55. The summed E-state index contributed by atoms with van der Waals surface area (Å²) in [7, 11) is -1.54. The Morgan fingerprint density at radius 1 is 1.20 bits per heavy atom. The average Bonchev–Trinajstić information content (AvgIpc) is 2.94. The Morgan fingerprint density at radius 3 is 2.40 bits per heavy atom. The SMILES string of the molecule is CN1C[C@@H](N)C[C@H]1C(=O)NC1CCN(S(=O)(=O)c2ccccc2)CC1. The molecule has 3 N–H and O–H groups in total. The van der Waals surface area contributed by atoms with Crippen LogP contribution in [0.4, 0.5) is 0 Å². The first-order valence-electron chi connectivity index (χ1n) is 8.69. The van der Waals surface area contributed by atoms with Crippen molar-refractivity contribution in [3.8, 4) is 0 Å². The van der Waals surface area contributed by atoms with Crippen LogP contribution in [0.15, 0.2) is 35.2 Å². The molecule has 0 saturated carbocycles. The molecule has 0 bridgehead atoms. The van der Waals surface area contributed by atoms with E-state index in [2.05, 4.69) is 5.32 Å². The van der Waals surface area contributed by atoms with Crippen molar-refractivity contribution in [2.45, 2.75) is 42.3 Å². The summed E-state index contributed by atoms with van der Waals surface area (Å²) in [5.41, 5.74) is 5.91. The molecule has 0 aromatic heterocycles. The number of nitrogens with zero attached hydrogens (tertiary/aromatic N) is 2. The van der Waals surface area contributed by atoms with Gasteiger partial charge in [-0.25, -0.2) is 8.42 Å². The summed E-state index contributed by atoms with van der Waals surface area (Å²) in [6.45, 7) is 1.57. The quantitative estimate of drug-likeness (QED) is 0.781. The minimum atomic E-state index is -3.45. The zero-order valence-electron chi connectivity index (χ0n) is 14.5. The smallest absolute Gasteiger partial charge is 0.243 e. The maximum atomic E-state index is 12.6. The van der Waals surface area contributed by atoms with Crippen LogP contribution in [0.25, 0.3) is 0 Å². The van der Waals surface area contributed by atoms with Crippen LogP contribution in [0.3, 0.4) is 0 Å². The van der Waals surface area contributed by atoms with E-state index in [9.17, 15) is 13.2 Å². The maximum absolute atomic E-state index is 12.6. The summed E-state index contributed by atoms with van der Waals surface area (Å²) in [6.07, 6.45) is 1.92. The van der Waals surface area contributed by atoms with Gasteiger partial charge in [-0.05, 0) is 38.4 Å². The molecule has 2 atom stereocenters. The summed E-state index contributed by atoms with van der Waals surface area (Å²) < 4.78 is 26.7. The molecular weight excluding hydrogens is 340 g/mol. The molecule has 1 aromatic carbocycles. The summed E-state index contributed by atoms with van der Waals surface area (Å²) in [4.78, 5) is 14.7. The van der Waals surface area contributed by atoms with Crippen molar-refractivity contribution in [2.24, 2.45) is 5.73 Å². The molecule has 8 heteroatoms.